The Morgan fingerprint density at radius 1 is 1.19 bits per heavy atom. The third-order valence-electron chi connectivity index (χ3n) is 1.88. The maximum absolute atomic E-state index is 11.5. The molecule has 0 N–H and O–H groups in total. The van der Waals surface area contributed by atoms with Gasteiger partial charge in [-0.2, -0.15) is 0 Å². The van der Waals surface area contributed by atoms with E-state index in [1.807, 2.05) is 20.8 Å². The van der Waals surface area contributed by atoms with Crippen LogP contribution in [0.25, 0.3) is 0 Å². The third-order valence-corrected chi connectivity index (χ3v) is 1.88. The number of rotatable bonds is 8. The van der Waals surface area contributed by atoms with Gasteiger partial charge in [0.25, 0.3) is 0 Å². The van der Waals surface area contributed by atoms with Crippen LogP contribution in [0, 0.1) is 0 Å². The number of hydrogen-bond donors (Lipinski definition) is 0. The molecule has 0 aliphatic heterocycles. The molecule has 0 radical (unpaired) electrons. The van der Waals surface area contributed by atoms with Crippen molar-refractivity contribution >= 4 is 5.97 Å². The fourth-order valence-corrected chi connectivity index (χ4v) is 1.27. The quantitative estimate of drug-likeness (QED) is 0.365. The zero-order chi connectivity index (χ0) is 12.6. The Bertz CT molecular complexity index is 218. The molecule has 0 heterocycles. The average molecular weight is 230 g/mol. The first-order valence-corrected chi connectivity index (χ1v) is 5.68. The van der Waals surface area contributed by atoms with E-state index in [-0.39, 0.29) is 0 Å². The molecule has 0 rings (SSSR count). The summed E-state index contributed by atoms with van der Waals surface area (Å²) in [5.41, 5.74) is 0.333. The number of carbonyl (C=O) groups excluding carboxylic acids is 1. The molecule has 16 heavy (non-hydrogen) atoms. The highest BCUT2D eigenvalue weighted by molar-refractivity contribution is 5.87. The molecule has 0 saturated carbocycles. The van der Waals surface area contributed by atoms with Crippen LogP contribution in [0.5, 0.6) is 0 Å². The molecule has 4 heteroatoms. The molecule has 0 spiro atoms. The largest absolute Gasteiger partial charge is 0.404 e. The lowest BCUT2D eigenvalue weighted by Crippen LogP contribution is -2.41. The van der Waals surface area contributed by atoms with E-state index >= 15 is 0 Å². The molecular formula is C12H22O4. The van der Waals surface area contributed by atoms with Crippen molar-refractivity contribution in [1.82, 2.24) is 0 Å². The number of esters is 1. The molecule has 0 aromatic rings. The van der Waals surface area contributed by atoms with Crippen LogP contribution in [0.15, 0.2) is 12.2 Å². The third kappa shape index (κ3) is 4.77. The Morgan fingerprint density at radius 3 is 2.00 bits per heavy atom. The van der Waals surface area contributed by atoms with Crippen LogP contribution in [-0.4, -0.2) is 25.2 Å². The predicted octanol–water partition coefficient (Wildman–Crippen LogP) is 2.63. The van der Waals surface area contributed by atoms with Gasteiger partial charge in [-0.05, 0) is 27.2 Å². The van der Waals surface area contributed by atoms with Gasteiger partial charge in [-0.3, -0.25) is 0 Å². The Morgan fingerprint density at radius 2 is 1.69 bits per heavy atom. The molecule has 0 aromatic carbocycles. The first-order chi connectivity index (χ1) is 7.51. The van der Waals surface area contributed by atoms with Crippen LogP contribution >= 0.6 is 0 Å². The summed E-state index contributed by atoms with van der Waals surface area (Å²) in [4.78, 5) is 11.5. The summed E-state index contributed by atoms with van der Waals surface area (Å²) in [5, 5.41) is 0. The maximum Gasteiger partial charge on any atom is 0.337 e. The van der Waals surface area contributed by atoms with Gasteiger partial charge in [-0.25, -0.2) is 4.79 Å². The van der Waals surface area contributed by atoms with E-state index in [2.05, 4.69) is 6.58 Å². The van der Waals surface area contributed by atoms with Crippen molar-refractivity contribution in [2.75, 3.05) is 13.2 Å². The molecule has 0 fully saturated rings. The molecule has 4 nitrogen and oxygen atoms in total. The van der Waals surface area contributed by atoms with Crippen LogP contribution in [-0.2, 0) is 19.0 Å². The van der Waals surface area contributed by atoms with Gasteiger partial charge in [0, 0.05) is 12.0 Å². The molecule has 0 amide bonds. The van der Waals surface area contributed by atoms with E-state index in [9.17, 15) is 4.79 Å². The molecule has 0 unspecified atom stereocenters. The van der Waals surface area contributed by atoms with Gasteiger partial charge in [0.05, 0.1) is 13.2 Å². The van der Waals surface area contributed by atoms with Gasteiger partial charge >= 0.3 is 11.9 Å². The lowest BCUT2D eigenvalue weighted by molar-refractivity contribution is -0.361. The Kier molecular flexibility index (Phi) is 7.01. The molecule has 94 valence electrons. The van der Waals surface area contributed by atoms with Crippen molar-refractivity contribution in [2.45, 2.75) is 46.5 Å². The van der Waals surface area contributed by atoms with Crippen LogP contribution in [0.4, 0.5) is 0 Å². The monoisotopic (exact) mass is 230 g/mol. The van der Waals surface area contributed by atoms with Crippen LogP contribution in [0.2, 0.25) is 0 Å². The highest BCUT2D eigenvalue weighted by atomic mass is 16.9. The van der Waals surface area contributed by atoms with Crippen molar-refractivity contribution in [3.05, 3.63) is 12.2 Å². The second-order valence-electron chi connectivity index (χ2n) is 3.47. The highest BCUT2D eigenvalue weighted by Gasteiger charge is 2.35. The van der Waals surface area contributed by atoms with E-state index in [0.29, 0.717) is 25.2 Å². The van der Waals surface area contributed by atoms with Crippen molar-refractivity contribution in [2.24, 2.45) is 0 Å². The number of carbonyl (C=O) groups is 1. The fourth-order valence-electron chi connectivity index (χ4n) is 1.27. The predicted molar refractivity (Wildman–Crippen MR) is 61.8 cm³/mol. The highest BCUT2D eigenvalue weighted by Crippen LogP contribution is 2.23. The summed E-state index contributed by atoms with van der Waals surface area (Å²) >= 11 is 0. The van der Waals surface area contributed by atoms with E-state index in [1.165, 1.54) is 0 Å². The lowest BCUT2D eigenvalue weighted by atomic mass is 10.3. The maximum atomic E-state index is 11.5. The zero-order valence-corrected chi connectivity index (χ0v) is 10.7. The molecule has 0 saturated heterocycles. The van der Waals surface area contributed by atoms with Crippen LogP contribution in [0.1, 0.15) is 40.5 Å². The van der Waals surface area contributed by atoms with Gasteiger partial charge in [0.1, 0.15) is 0 Å². The van der Waals surface area contributed by atoms with Crippen LogP contribution < -0.4 is 0 Å². The van der Waals surface area contributed by atoms with Gasteiger partial charge < -0.3 is 14.2 Å². The van der Waals surface area contributed by atoms with E-state index in [4.69, 9.17) is 14.2 Å². The summed E-state index contributed by atoms with van der Waals surface area (Å²) < 4.78 is 16.1. The minimum atomic E-state index is -1.26. The second kappa shape index (κ2) is 7.41. The van der Waals surface area contributed by atoms with Crippen LogP contribution in [0.3, 0.4) is 0 Å². The smallest absolute Gasteiger partial charge is 0.337 e. The summed E-state index contributed by atoms with van der Waals surface area (Å²) in [6, 6.07) is 0. The molecule has 0 aromatic heterocycles. The van der Waals surface area contributed by atoms with Crippen molar-refractivity contribution in [3.8, 4) is 0 Å². The SMILES string of the molecule is C=C(C)C(=O)OC(CCC)(OCC)OCC. The molecular weight excluding hydrogens is 208 g/mol. The van der Waals surface area contributed by atoms with E-state index in [0.717, 1.165) is 6.42 Å². The molecule has 0 aliphatic carbocycles. The molecule has 0 bridgehead atoms. The topological polar surface area (TPSA) is 44.8 Å². The average Bonchev–Trinajstić information content (AvgIpc) is 2.18. The van der Waals surface area contributed by atoms with Gasteiger partial charge in [0.2, 0.25) is 0 Å². The van der Waals surface area contributed by atoms with E-state index < -0.39 is 11.9 Å². The fraction of sp³-hybridized carbons (Fsp3) is 0.750. The Hall–Kier alpha value is -0.870. The zero-order valence-electron chi connectivity index (χ0n) is 10.7. The Labute approximate surface area is 97.6 Å². The standard InChI is InChI=1S/C12H22O4/c1-6-9-12(14-7-2,15-8-3)16-11(13)10(4)5/h4,6-9H2,1-3,5H3. The van der Waals surface area contributed by atoms with Crippen molar-refractivity contribution in [3.63, 3.8) is 0 Å². The van der Waals surface area contributed by atoms with Gasteiger partial charge in [0.15, 0.2) is 0 Å². The van der Waals surface area contributed by atoms with E-state index in [1.54, 1.807) is 6.92 Å². The summed E-state index contributed by atoms with van der Waals surface area (Å²) in [5.74, 6) is -1.75. The number of hydrogen-bond acceptors (Lipinski definition) is 4. The lowest BCUT2D eigenvalue weighted by Gasteiger charge is -2.31. The second-order valence-corrected chi connectivity index (χ2v) is 3.47. The van der Waals surface area contributed by atoms with Crippen molar-refractivity contribution in [1.29, 1.82) is 0 Å². The molecule has 0 aliphatic rings. The van der Waals surface area contributed by atoms with Gasteiger partial charge in [-0.1, -0.05) is 13.5 Å². The minimum absolute atomic E-state index is 0.333. The van der Waals surface area contributed by atoms with Gasteiger partial charge in [-0.15, -0.1) is 0 Å². The summed E-state index contributed by atoms with van der Waals surface area (Å²) in [7, 11) is 0. The molecule has 0 atom stereocenters. The summed E-state index contributed by atoms with van der Waals surface area (Å²) in [6.45, 7) is 11.6. The van der Waals surface area contributed by atoms with Crippen molar-refractivity contribution < 1.29 is 19.0 Å². The Balaban J connectivity index is 4.71. The normalized spacial score (nSPS) is 11.2. The summed E-state index contributed by atoms with van der Waals surface area (Å²) in [6.07, 6.45) is 1.30. The first kappa shape index (κ1) is 15.1. The number of ether oxygens (including phenoxy) is 3. The first-order valence-electron chi connectivity index (χ1n) is 5.68. The minimum Gasteiger partial charge on any atom is -0.404 e.